The lowest BCUT2D eigenvalue weighted by Crippen LogP contribution is -2.12. The van der Waals surface area contributed by atoms with Gasteiger partial charge in [-0.1, -0.05) is 5.16 Å². The predicted octanol–water partition coefficient (Wildman–Crippen LogP) is 0.783. The Morgan fingerprint density at radius 2 is 2.41 bits per heavy atom. The molecule has 1 unspecified atom stereocenters. The van der Waals surface area contributed by atoms with E-state index in [1.165, 1.54) is 0 Å². The normalized spacial score (nSPS) is 17.3. The van der Waals surface area contributed by atoms with Gasteiger partial charge in [-0.15, -0.1) is 0 Å². The van der Waals surface area contributed by atoms with Gasteiger partial charge in [0.1, 0.15) is 5.69 Å². The van der Waals surface area contributed by atoms with Crippen LogP contribution in [0.5, 0.6) is 0 Å². The summed E-state index contributed by atoms with van der Waals surface area (Å²) in [5, 5.41) is 13.7. The van der Waals surface area contributed by atoms with E-state index < -0.39 is 0 Å². The molecule has 6 heteroatoms. The van der Waals surface area contributed by atoms with E-state index in [2.05, 4.69) is 15.1 Å². The molecular formula is C11H14N4O2. The van der Waals surface area contributed by atoms with E-state index in [9.17, 15) is 5.11 Å². The van der Waals surface area contributed by atoms with Crippen molar-refractivity contribution < 1.29 is 9.63 Å². The highest BCUT2D eigenvalue weighted by Gasteiger charge is 2.31. The molecule has 6 nitrogen and oxygen atoms in total. The van der Waals surface area contributed by atoms with E-state index in [-0.39, 0.29) is 6.10 Å². The lowest BCUT2D eigenvalue weighted by molar-refractivity contribution is 0.140. The van der Waals surface area contributed by atoms with Gasteiger partial charge in [0.15, 0.2) is 0 Å². The molecule has 1 atom stereocenters. The highest BCUT2D eigenvalue weighted by molar-refractivity contribution is 5.46. The van der Waals surface area contributed by atoms with Gasteiger partial charge in [0, 0.05) is 7.05 Å². The van der Waals surface area contributed by atoms with Crippen molar-refractivity contribution in [1.82, 2.24) is 19.7 Å². The number of aryl methyl sites for hydroxylation is 1. The van der Waals surface area contributed by atoms with Crippen LogP contribution in [0, 0.1) is 5.92 Å². The lowest BCUT2D eigenvalue weighted by atomic mass is 10.2. The van der Waals surface area contributed by atoms with E-state index in [4.69, 9.17) is 4.52 Å². The Bertz CT molecular complexity index is 515. The van der Waals surface area contributed by atoms with Crippen molar-refractivity contribution in [3.8, 4) is 11.5 Å². The van der Waals surface area contributed by atoms with Crippen LogP contribution in [0.15, 0.2) is 17.0 Å². The second-order valence-corrected chi connectivity index (χ2v) is 4.51. The number of imidazole rings is 1. The van der Waals surface area contributed by atoms with E-state index in [0.717, 1.165) is 18.5 Å². The monoisotopic (exact) mass is 234 g/mol. The molecule has 0 aliphatic heterocycles. The fourth-order valence-electron chi connectivity index (χ4n) is 1.84. The average molecular weight is 234 g/mol. The highest BCUT2D eigenvalue weighted by atomic mass is 16.5. The fourth-order valence-corrected chi connectivity index (χ4v) is 1.84. The molecular weight excluding hydrogens is 220 g/mol. The van der Waals surface area contributed by atoms with Crippen molar-refractivity contribution >= 4 is 0 Å². The minimum atomic E-state index is -0.352. The Labute approximate surface area is 98.3 Å². The van der Waals surface area contributed by atoms with Gasteiger partial charge in [0.25, 0.3) is 0 Å². The van der Waals surface area contributed by atoms with Crippen molar-refractivity contribution in [1.29, 1.82) is 0 Å². The molecule has 1 saturated carbocycles. The van der Waals surface area contributed by atoms with Crippen LogP contribution in [0.2, 0.25) is 0 Å². The molecule has 1 aliphatic carbocycles. The van der Waals surface area contributed by atoms with Gasteiger partial charge in [0.05, 0.1) is 25.0 Å². The van der Waals surface area contributed by atoms with Crippen LogP contribution >= 0.6 is 0 Å². The van der Waals surface area contributed by atoms with Gasteiger partial charge in [-0.3, -0.25) is 0 Å². The molecule has 3 rings (SSSR count). The minimum absolute atomic E-state index is 0.352. The maximum atomic E-state index is 9.79. The average Bonchev–Trinajstić information content (AvgIpc) is 2.93. The van der Waals surface area contributed by atoms with Gasteiger partial charge in [-0.05, 0) is 18.8 Å². The molecule has 0 saturated heterocycles. The second kappa shape index (κ2) is 3.96. The van der Waals surface area contributed by atoms with Gasteiger partial charge >= 0.3 is 0 Å². The number of rotatable bonds is 4. The summed E-state index contributed by atoms with van der Waals surface area (Å²) in [7, 11) is 1.87. The molecule has 90 valence electrons. The summed E-state index contributed by atoms with van der Waals surface area (Å²) in [6.07, 6.45) is 5.66. The van der Waals surface area contributed by atoms with Crippen molar-refractivity contribution in [3.05, 3.63) is 18.4 Å². The summed E-state index contributed by atoms with van der Waals surface area (Å²) >= 11 is 0. The summed E-state index contributed by atoms with van der Waals surface area (Å²) in [5.41, 5.74) is 0.806. The fraction of sp³-hybridized carbons (Fsp3) is 0.545. The van der Waals surface area contributed by atoms with Crippen LogP contribution in [-0.2, 0) is 13.5 Å². The first-order chi connectivity index (χ1) is 8.24. The van der Waals surface area contributed by atoms with Crippen LogP contribution in [0.25, 0.3) is 11.5 Å². The van der Waals surface area contributed by atoms with Crippen molar-refractivity contribution in [2.45, 2.75) is 25.4 Å². The quantitative estimate of drug-likeness (QED) is 0.846. The maximum absolute atomic E-state index is 9.79. The third kappa shape index (κ3) is 2.08. The van der Waals surface area contributed by atoms with Crippen LogP contribution in [0.3, 0.4) is 0 Å². The first-order valence-electron chi connectivity index (χ1n) is 5.71. The zero-order valence-electron chi connectivity index (χ0n) is 9.58. The third-order valence-electron chi connectivity index (χ3n) is 3.06. The number of aromatic nitrogens is 4. The lowest BCUT2D eigenvalue weighted by Gasteiger charge is -2.03. The van der Waals surface area contributed by atoms with Gasteiger partial charge in [-0.2, -0.15) is 4.98 Å². The number of hydrogen-bond donors (Lipinski definition) is 1. The molecule has 0 aromatic carbocycles. The van der Waals surface area contributed by atoms with Gasteiger partial charge in [0.2, 0.25) is 11.7 Å². The Morgan fingerprint density at radius 3 is 3.06 bits per heavy atom. The minimum Gasteiger partial charge on any atom is -0.392 e. The highest BCUT2D eigenvalue weighted by Crippen LogP contribution is 2.33. The number of nitrogens with zero attached hydrogens (tertiary/aromatic N) is 4. The Kier molecular flexibility index (Phi) is 2.44. The Hall–Kier alpha value is -1.69. The van der Waals surface area contributed by atoms with Crippen LogP contribution < -0.4 is 0 Å². The first-order valence-corrected chi connectivity index (χ1v) is 5.71. The zero-order valence-corrected chi connectivity index (χ0v) is 9.58. The molecule has 2 aromatic rings. The summed E-state index contributed by atoms with van der Waals surface area (Å²) < 4.78 is 6.96. The predicted molar refractivity (Wildman–Crippen MR) is 58.9 cm³/mol. The van der Waals surface area contributed by atoms with E-state index in [0.29, 0.717) is 24.1 Å². The molecule has 1 aliphatic rings. The molecule has 0 amide bonds. The molecule has 2 heterocycles. The standard InChI is InChI=1S/C11H14N4O2/c1-15-6-12-5-8(15)11-13-10(17-14-11)4-9(16)7-2-3-7/h5-7,9,16H,2-4H2,1H3. The van der Waals surface area contributed by atoms with Crippen LogP contribution in [-0.4, -0.2) is 30.9 Å². The SMILES string of the molecule is Cn1cncc1-c1noc(CC(O)C2CC2)n1. The van der Waals surface area contributed by atoms with E-state index in [1.54, 1.807) is 12.5 Å². The summed E-state index contributed by atoms with van der Waals surface area (Å²) in [6.45, 7) is 0. The molecule has 17 heavy (non-hydrogen) atoms. The van der Waals surface area contributed by atoms with Crippen molar-refractivity contribution in [2.24, 2.45) is 13.0 Å². The topological polar surface area (TPSA) is 77.0 Å². The molecule has 0 radical (unpaired) electrons. The first kappa shape index (κ1) is 10.5. The van der Waals surface area contributed by atoms with Crippen LogP contribution in [0.4, 0.5) is 0 Å². The van der Waals surface area contributed by atoms with E-state index in [1.807, 2.05) is 11.6 Å². The molecule has 1 fully saturated rings. The molecule has 2 aromatic heterocycles. The smallest absolute Gasteiger partial charge is 0.229 e. The van der Waals surface area contributed by atoms with Crippen LogP contribution in [0.1, 0.15) is 18.7 Å². The number of aliphatic hydroxyl groups excluding tert-OH is 1. The van der Waals surface area contributed by atoms with Crippen molar-refractivity contribution in [2.75, 3.05) is 0 Å². The molecule has 0 spiro atoms. The third-order valence-corrected chi connectivity index (χ3v) is 3.06. The summed E-state index contributed by atoms with van der Waals surface area (Å²) in [6, 6.07) is 0. The Morgan fingerprint density at radius 1 is 1.59 bits per heavy atom. The second-order valence-electron chi connectivity index (χ2n) is 4.51. The maximum Gasteiger partial charge on any atom is 0.229 e. The largest absolute Gasteiger partial charge is 0.392 e. The summed E-state index contributed by atoms with van der Waals surface area (Å²) in [5.74, 6) is 1.42. The summed E-state index contributed by atoms with van der Waals surface area (Å²) in [4.78, 5) is 8.26. The van der Waals surface area contributed by atoms with Gasteiger partial charge < -0.3 is 14.2 Å². The molecule has 0 bridgehead atoms. The number of aliphatic hydroxyl groups is 1. The van der Waals surface area contributed by atoms with E-state index >= 15 is 0 Å². The Balaban J connectivity index is 1.76. The van der Waals surface area contributed by atoms with Gasteiger partial charge in [-0.25, -0.2) is 4.98 Å². The zero-order chi connectivity index (χ0) is 11.8. The van der Waals surface area contributed by atoms with Crippen molar-refractivity contribution in [3.63, 3.8) is 0 Å². The molecule has 1 N–H and O–H groups in total. The number of hydrogen-bond acceptors (Lipinski definition) is 5.